The van der Waals surface area contributed by atoms with E-state index in [0.29, 0.717) is 18.5 Å². The van der Waals surface area contributed by atoms with Crippen LogP contribution >= 0.6 is 0 Å². The first-order valence-corrected chi connectivity index (χ1v) is 8.00. The van der Waals surface area contributed by atoms with Gasteiger partial charge in [-0.1, -0.05) is 17.7 Å². The van der Waals surface area contributed by atoms with Crippen LogP contribution in [0.1, 0.15) is 12.0 Å². The number of aliphatic carboxylic acids is 1. The first kappa shape index (κ1) is 18.3. The number of carboxylic acids is 1. The Morgan fingerprint density at radius 1 is 1.32 bits per heavy atom. The molecular weight excluding hydrogens is 310 g/mol. The number of aliphatic hydroxyl groups excluding tert-OH is 1. The molecule has 0 saturated carbocycles. The Balaban J connectivity index is 0.000000220. The van der Waals surface area contributed by atoms with Crippen LogP contribution in [0.25, 0.3) is 0 Å². The number of piperidine rings is 1. The van der Waals surface area contributed by atoms with E-state index in [1.165, 1.54) is 12.1 Å². The molecule has 0 amide bonds. The minimum absolute atomic E-state index is 0.0666. The lowest BCUT2D eigenvalue weighted by molar-refractivity contribution is -0.131. The molecule has 1 saturated heterocycles. The fourth-order valence-corrected chi connectivity index (χ4v) is 2.27. The van der Waals surface area contributed by atoms with E-state index in [-0.39, 0.29) is 4.90 Å². The number of rotatable bonds is 2. The number of benzene rings is 1. The number of aryl methyl sites for hydroxylation is 1. The van der Waals surface area contributed by atoms with Gasteiger partial charge in [0.1, 0.15) is 0 Å². The highest BCUT2D eigenvalue weighted by Gasteiger charge is 2.15. The van der Waals surface area contributed by atoms with E-state index in [4.69, 9.17) is 9.66 Å². The number of hydrogen-bond acceptors (Lipinski definition) is 5. The Kier molecular flexibility index (Phi) is 6.69. The van der Waals surface area contributed by atoms with Crippen LogP contribution in [0, 0.1) is 6.92 Å². The van der Waals surface area contributed by atoms with Crippen molar-refractivity contribution in [3.8, 4) is 0 Å². The second kappa shape index (κ2) is 8.04. The molecule has 1 aliphatic rings. The van der Waals surface area contributed by atoms with Crippen LogP contribution in [0.15, 0.2) is 40.8 Å². The molecule has 0 aliphatic carbocycles. The van der Waals surface area contributed by atoms with Crippen molar-refractivity contribution < 1.29 is 28.0 Å². The summed E-state index contributed by atoms with van der Waals surface area (Å²) in [6, 6.07) is 5.99. The van der Waals surface area contributed by atoms with Crippen molar-refractivity contribution >= 4 is 16.1 Å². The number of hydrogen-bond donors (Lipinski definition) is 4. The van der Waals surface area contributed by atoms with Crippen LogP contribution in [0.3, 0.4) is 0 Å². The van der Waals surface area contributed by atoms with Gasteiger partial charge in [0.25, 0.3) is 10.1 Å². The van der Waals surface area contributed by atoms with E-state index in [1.807, 2.05) is 6.92 Å². The quantitative estimate of drug-likeness (QED) is 0.462. The molecule has 4 N–H and O–H groups in total. The van der Waals surface area contributed by atoms with Crippen molar-refractivity contribution in [1.29, 1.82) is 0 Å². The van der Waals surface area contributed by atoms with Gasteiger partial charge in [0.15, 0.2) is 0 Å². The number of carboxylic acid groups (broad SMARTS) is 1. The van der Waals surface area contributed by atoms with Crippen LogP contribution in [0.5, 0.6) is 0 Å². The predicted octanol–water partition coefficient (Wildman–Crippen LogP) is 0.593. The Morgan fingerprint density at radius 2 is 1.91 bits per heavy atom. The molecule has 1 aromatic carbocycles. The van der Waals surface area contributed by atoms with Gasteiger partial charge in [-0.3, -0.25) is 4.55 Å². The largest absolute Gasteiger partial charge is 0.478 e. The minimum Gasteiger partial charge on any atom is -0.478 e. The molecule has 0 aromatic heterocycles. The summed E-state index contributed by atoms with van der Waals surface area (Å²) in [5.74, 6) is -0.997. The summed E-state index contributed by atoms with van der Waals surface area (Å²) in [5, 5.41) is 20.6. The Hall–Kier alpha value is -1.74. The molecule has 1 unspecified atom stereocenters. The summed E-state index contributed by atoms with van der Waals surface area (Å²) in [6.45, 7) is 3.07. The molecule has 1 aliphatic heterocycles. The highest BCUT2D eigenvalue weighted by atomic mass is 32.2. The highest BCUT2D eigenvalue weighted by Crippen LogP contribution is 2.09. The summed E-state index contributed by atoms with van der Waals surface area (Å²) in [4.78, 5) is 10.1. The van der Waals surface area contributed by atoms with E-state index in [1.54, 1.807) is 12.1 Å². The van der Waals surface area contributed by atoms with Crippen molar-refractivity contribution in [2.24, 2.45) is 0 Å². The molecule has 1 atom stereocenters. The van der Waals surface area contributed by atoms with Crippen LogP contribution in [0.2, 0.25) is 0 Å². The second-order valence-electron chi connectivity index (χ2n) is 4.83. The normalized spacial score (nSPS) is 20.1. The lowest BCUT2D eigenvalue weighted by Gasteiger charge is -2.20. The highest BCUT2D eigenvalue weighted by molar-refractivity contribution is 7.85. The maximum absolute atomic E-state index is 10.5. The van der Waals surface area contributed by atoms with E-state index < -0.39 is 22.2 Å². The van der Waals surface area contributed by atoms with Gasteiger partial charge in [-0.2, -0.15) is 8.42 Å². The molecule has 0 spiro atoms. The first-order valence-electron chi connectivity index (χ1n) is 6.56. The number of aliphatic hydroxyl groups is 1. The third-order valence-electron chi connectivity index (χ3n) is 2.98. The van der Waals surface area contributed by atoms with Crippen LogP contribution in [-0.4, -0.2) is 48.3 Å². The predicted molar refractivity (Wildman–Crippen MR) is 80.2 cm³/mol. The van der Waals surface area contributed by atoms with Gasteiger partial charge in [-0.15, -0.1) is 0 Å². The Morgan fingerprint density at radius 3 is 2.36 bits per heavy atom. The van der Waals surface area contributed by atoms with E-state index in [9.17, 15) is 18.3 Å². The maximum atomic E-state index is 10.5. The summed E-state index contributed by atoms with van der Waals surface area (Å²) >= 11 is 0. The first-order chi connectivity index (χ1) is 10.2. The third kappa shape index (κ3) is 6.35. The number of nitrogens with one attached hydrogen (secondary N) is 1. The lowest BCUT2D eigenvalue weighted by atomic mass is 10.0. The van der Waals surface area contributed by atoms with Gasteiger partial charge in [0.2, 0.25) is 0 Å². The summed E-state index contributed by atoms with van der Waals surface area (Å²) in [6.07, 6.45) is 1.09. The molecule has 8 heteroatoms. The van der Waals surface area contributed by atoms with E-state index in [2.05, 4.69) is 5.32 Å². The zero-order chi connectivity index (χ0) is 16.8. The summed E-state index contributed by atoms with van der Waals surface area (Å²) in [7, 11) is -4.02. The molecule has 0 radical (unpaired) electrons. The van der Waals surface area contributed by atoms with Crippen molar-refractivity contribution in [3.63, 3.8) is 0 Å². The minimum atomic E-state index is -4.02. The van der Waals surface area contributed by atoms with Crippen molar-refractivity contribution in [2.75, 3.05) is 13.1 Å². The topological polar surface area (TPSA) is 124 Å². The molecule has 1 fully saturated rings. The third-order valence-corrected chi connectivity index (χ3v) is 3.85. The van der Waals surface area contributed by atoms with Crippen molar-refractivity contribution in [3.05, 3.63) is 41.5 Å². The molecule has 1 heterocycles. The van der Waals surface area contributed by atoms with Crippen molar-refractivity contribution in [2.45, 2.75) is 24.3 Å². The molecule has 7 nitrogen and oxygen atoms in total. The summed E-state index contributed by atoms with van der Waals surface area (Å²) < 4.78 is 29.6. The second-order valence-corrected chi connectivity index (χ2v) is 6.25. The van der Waals surface area contributed by atoms with Crippen LogP contribution < -0.4 is 5.32 Å². The zero-order valence-corrected chi connectivity index (χ0v) is 12.9. The SMILES string of the molecule is Cc1ccc(S(=O)(=O)O)cc1.O=C(O)C=C1CNCCC1O. The Labute approximate surface area is 129 Å². The lowest BCUT2D eigenvalue weighted by Crippen LogP contribution is -2.33. The van der Waals surface area contributed by atoms with Crippen LogP contribution in [-0.2, 0) is 14.9 Å². The van der Waals surface area contributed by atoms with Gasteiger partial charge in [0, 0.05) is 12.6 Å². The maximum Gasteiger partial charge on any atom is 0.328 e. The molecule has 0 bridgehead atoms. The van der Waals surface area contributed by atoms with E-state index in [0.717, 1.165) is 18.2 Å². The average molecular weight is 329 g/mol. The van der Waals surface area contributed by atoms with Crippen molar-refractivity contribution in [1.82, 2.24) is 5.32 Å². The smallest absolute Gasteiger partial charge is 0.328 e. The number of carbonyl (C=O) groups is 1. The standard InChI is InChI=1S/C7H11NO3.C7H8O3S/c9-6-1-2-8-4-5(6)3-7(10)11;1-6-2-4-7(5-3-6)11(8,9)10/h3,6,8-9H,1-2,4H2,(H,10,11);2-5H,1H3,(H,8,9,10). The molecular formula is C14H19NO6S. The average Bonchev–Trinajstić information content (AvgIpc) is 2.41. The van der Waals surface area contributed by atoms with Gasteiger partial charge in [-0.05, 0) is 37.6 Å². The zero-order valence-electron chi connectivity index (χ0n) is 12.1. The van der Waals surface area contributed by atoms with Crippen LogP contribution in [0.4, 0.5) is 0 Å². The fourth-order valence-electron chi connectivity index (χ4n) is 1.79. The van der Waals surface area contributed by atoms with Gasteiger partial charge in [-0.25, -0.2) is 4.79 Å². The molecule has 122 valence electrons. The van der Waals surface area contributed by atoms with Gasteiger partial charge in [0.05, 0.1) is 11.0 Å². The molecule has 22 heavy (non-hydrogen) atoms. The van der Waals surface area contributed by atoms with Gasteiger partial charge < -0.3 is 15.5 Å². The molecule has 1 aromatic rings. The van der Waals surface area contributed by atoms with Gasteiger partial charge >= 0.3 is 5.97 Å². The molecule has 2 rings (SSSR count). The fraction of sp³-hybridized carbons (Fsp3) is 0.357. The van der Waals surface area contributed by atoms with E-state index >= 15 is 0 Å². The summed E-state index contributed by atoms with van der Waals surface area (Å²) in [5.41, 5.74) is 1.51. The monoisotopic (exact) mass is 329 g/mol. The Bertz CT molecular complexity index is 636.